The summed E-state index contributed by atoms with van der Waals surface area (Å²) in [6, 6.07) is 0.553. The van der Waals surface area contributed by atoms with Crippen LogP contribution in [0.15, 0.2) is 4.99 Å². The highest BCUT2D eigenvalue weighted by Crippen LogP contribution is 2.20. The molecule has 3 N–H and O–H groups in total. The highest BCUT2D eigenvalue weighted by Gasteiger charge is 2.25. The molecule has 0 aromatic carbocycles. The minimum absolute atomic E-state index is 0. The minimum Gasteiger partial charge on any atom is -0.444 e. The third-order valence-electron chi connectivity index (χ3n) is 4.74. The van der Waals surface area contributed by atoms with Gasteiger partial charge in [-0.05, 0) is 67.2 Å². The van der Waals surface area contributed by atoms with Crippen LogP contribution in [-0.2, 0) is 11.2 Å². The molecule has 172 valence electrons. The van der Waals surface area contributed by atoms with E-state index >= 15 is 0 Å². The molecular weight excluding hydrogens is 513 g/mol. The van der Waals surface area contributed by atoms with E-state index in [1.807, 2.05) is 27.7 Å². The number of hydrogen-bond acceptors (Lipinski definition) is 5. The standard InChI is InChI=1S/C21H37N5O2S.HI/c1-7-22-19(23-13-12-18-14(2)24-15(3)29-18)25-16-8-10-17(11-9-16)26-20(27)28-21(4,5)6;/h16-17H,7-13H2,1-6H3,(H,26,27)(H2,22,23,25);1H. The fraction of sp³-hybridized carbons (Fsp3) is 0.762. The number of amides is 1. The van der Waals surface area contributed by atoms with Gasteiger partial charge in [-0.3, -0.25) is 4.99 Å². The van der Waals surface area contributed by atoms with Crippen molar-refractivity contribution in [1.29, 1.82) is 0 Å². The first-order valence-electron chi connectivity index (χ1n) is 10.6. The number of aryl methyl sites for hydroxylation is 2. The molecule has 1 saturated carbocycles. The first-order valence-corrected chi connectivity index (χ1v) is 11.4. The van der Waals surface area contributed by atoms with Crippen LogP contribution < -0.4 is 16.0 Å². The molecule has 1 aromatic rings. The van der Waals surface area contributed by atoms with Gasteiger partial charge in [0.1, 0.15) is 5.60 Å². The first kappa shape index (κ1) is 26.9. The number of halogens is 1. The van der Waals surface area contributed by atoms with E-state index in [2.05, 4.69) is 34.8 Å². The van der Waals surface area contributed by atoms with Crippen molar-refractivity contribution in [1.82, 2.24) is 20.9 Å². The van der Waals surface area contributed by atoms with Gasteiger partial charge in [0.25, 0.3) is 0 Å². The van der Waals surface area contributed by atoms with Gasteiger partial charge < -0.3 is 20.7 Å². The summed E-state index contributed by atoms with van der Waals surface area (Å²) >= 11 is 1.76. The average Bonchev–Trinajstić information content (AvgIpc) is 2.92. The summed E-state index contributed by atoms with van der Waals surface area (Å²) in [6.45, 7) is 13.4. The fourth-order valence-electron chi connectivity index (χ4n) is 3.44. The molecule has 1 aliphatic carbocycles. The largest absolute Gasteiger partial charge is 0.444 e. The third kappa shape index (κ3) is 9.80. The fourth-order valence-corrected chi connectivity index (χ4v) is 4.37. The van der Waals surface area contributed by atoms with Gasteiger partial charge in [0, 0.05) is 36.5 Å². The predicted octanol–water partition coefficient (Wildman–Crippen LogP) is 4.31. The lowest BCUT2D eigenvalue weighted by Crippen LogP contribution is -2.48. The lowest BCUT2D eigenvalue weighted by atomic mass is 9.91. The molecule has 0 aliphatic heterocycles. The summed E-state index contributed by atoms with van der Waals surface area (Å²) in [4.78, 5) is 22.5. The Morgan fingerprint density at radius 2 is 1.77 bits per heavy atom. The molecule has 1 aliphatic rings. The maximum absolute atomic E-state index is 12.0. The molecule has 1 aromatic heterocycles. The average molecular weight is 552 g/mol. The van der Waals surface area contributed by atoms with E-state index in [0.29, 0.717) is 6.04 Å². The Kier molecular flexibility index (Phi) is 11.4. The van der Waals surface area contributed by atoms with Crippen LogP contribution in [-0.4, -0.2) is 47.8 Å². The summed E-state index contributed by atoms with van der Waals surface area (Å²) in [5.74, 6) is 0.870. The lowest BCUT2D eigenvalue weighted by Gasteiger charge is -2.31. The molecule has 1 heterocycles. The number of guanidine groups is 1. The number of aromatic nitrogens is 1. The zero-order valence-electron chi connectivity index (χ0n) is 19.1. The highest BCUT2D eigenvalue weighted by molar-refractivity contribution is 14.0. The Bertz CT molecular complexity index is 694. The van der Waals surface area contributed by atoms with E-state index in [1.165, 1.54) is 4.88 Å². The van der Waals surface area contributed by atoms with Crippen LogP contribution in [0.3, 0.4) is 0 Å². The summed E-state index contributed by atoms with van der Waals surface area (Å²) in [7, 11) is 0. The minimum atomic E-state index is -0.462. The summed E-state index contributed by atoms with van der Waals surface area (Å²) in [5.41, 5.74) is 0.660. The number of carbonyl (C=O) groups excluding carboxylic acids is 1. The zero-order chi connectivity index (χ0) is 21.4. The Hall–Kier alpha value is -1.10. The number of nitrogens with zero attached hydrogens (tertiary/aromatic N) is 2. The van der Waals surface area contributed by atoms with Crippen molar-refractivity contribution >= 4 is 47.4 Å². The van der Waals surface area contributed by atoms with E-state index < -0.39 is 5.60 Å². The van der Waals surface area contributed by atoms with Crippen LogP contribution in [0.25, 0.3) is 0 Å². The van der Waals surface area contributed by atoms with Crippen molar-refractivity contribution in [2.45, 2.75) is 91.3 Å². The van der Waals surface area contributed by atoms with Gasteiger partial charge in [0.2, 0.25) is 0 Å². The molecule has 0 radical (unpaired) electrons. The Labute approximate surface area is 202 Å². The molecule has 0 unspecified atom stereocenters. The van der Waals surface area contributed by atoms with Crippen molar-refractivity contribution in [2.75, 3.05) is 13.1 Å². The number of nitrogens with one attached hydrogen (secondary N) is 3. The number of hydrogen-bond donors (Lipinski definition) is 3. The van der Waals surface area contributed by atoms with Gasteiger partial charge >= 0.3 is 6.09 Å². The molecule has 1 fully saturated rings. The molecule has 7 nitrogen and oxygen atoms in total. The van der Waals surface area contributed by atoms with Gasteiger partial charge in [-0.1, -0.05) is 0 Å². The van der Waals surface area contributed by atoms with Crippen molar-refractivity contribution in [3.8, 4) is 0 Å². The molecule has 2 rings (SSSR count). The monoisotopic (exact) mass is 551 g/mol. The van der Waals surface area contributed by atoms with Gasteiger partial charge in [-0.15, -0.1) is 35.3 Å². The second-order valence-corrected chi connectivity index (χ2v) is 9.88. The Balaban J connectivity index is 0.00000450. The number of carbonyl (C=O) groups is 1. The number of thiazole rings is 1. The summed E-state index contributed by atoms with van der Waals surface area (Å²) in [5, 5.41) is 11.0. The SMILES string of the molecule is CCNC(=NCCc1sc(C)nc1C)NC1CCC(NC(=O)OC(C)(C)C)CC1.I. The van der Waals surface area contributed by atoms with Crippen LogP contribution in [0.2, 0.25) is 0 Å². The van der Waals surface area contributed by atoms with Gasteiger partial charge in [-0.2, -0.15) is 0 Å². The molecule has 0 spiro atoms. The van der Waals surface area contributed by atoms with E-state index in [9.17, 15) is 4.79 Å². The van der Waals surface area contributed by atoms with E-state index in [1.54, 1.807) is 11.3 Å². The quantitative estimate of drug-likeness (QED) is 0.279. The van der Waals surface area contributed by atoms with Crippen LogP contribution in [0.4, 0.5) is 4.79 Å². The lowest BCUT2D eigenvalue weighted by molar-refractivity contribution is 0.0490. The number of alkyl carbamates (subject to hydrolysis) is 1. The molecule has 0 atom stereocenters. The maximum atomic E-state index is 12.0. The normalized spacial score (nSPS) is 19.6. The maximum Gasteiger partial charge on any atom is 0.407 e. The van der Waals surface area contributed by atoms with Gasteiger partial charge in [0.15, 0.2) is 5.96 Å². The van der Waals surface area contributed by atoms with Crippen molar-refractivity contribution in [3.63, 3.8) is 0 Å². The first-order chi connectivity index (χ1) is 13.7. The van der Waals surface area contributed by atoms with Crippen LogP contribution in [0, 0.1) is 13.8 Å². The second kappa shape index (κ2) is 12.7. The number of ether oxygens (including phenoxy) is 1. The third-order valence-corrected chi connectivity index (χ3v) is 5.87. The molecular formula is C21H38IN5O2S. The Morgan fingerprint density at radius 1 is 1.17 bits per heavy atom. The number of aliphatic imine (C=N–C) groups is 1. The summed E-state index contributed by atoms with van der Waals surface area (Å²) < 4.78 is 5.36. The van der Waals surface area contributed by atoms with Crippen molar-refractivity contribution < 1.29 is 9.53 Å². The van der Waals surface area contributed by atoms with Gasteiger partial charge in [0.05, 0.1) is 10.7 Å². The predicted molar refractivity (Wildman–Crippen MR) is 135 cm³/mol. The van der Waals surface area contributed by atoms with Crippen LogP contribution in [0.5, 0.6) is 0 Å². The zero-order valence-corrected chi connectivity index (χ0v) is 22.3. The second-order valence-electron chi connectivity index (χ2n) is 8.59. The molecule has 30 heavy (non-hydrogen) atoms. The summed E-state index contributed by atoms with van der Waals surface area (Å²) in [6.07, 6.45) is 4.47. The molecule has 0 saturated heterocycles. The Morgan fingerprint density at radius 3 is 2.27 bits per heavy atom. The van der Waals surface area contributed by atoms with Crippen molar-refractivity contribution in [3.05, 3.63) is 15.6 Å². The van der Waals surface area contributed by atoms with Crippen LogP contribution in [0.1, 0.15) is 69.0 Å². The van der Waals surface area contributed by atoms with E-state index in [0.717, 1.165) is 61.9 Å². The highest BCUT2D eigenvalue weighted by atomic mass is 127. The topological polar surface area (TPSA) is 87.6 Å². The molecule has 0 bridgehead atoms. The van der Waals surface area contributed by atoms with Crippen LogP contribution >= 0.6 is 35.3 Å². The molecule has 1 amide bonds. The van der Waals surface area contributed by atoms with E-state index in [-0.39, 0.29) is 36.1 Å². The van der Waals surface area contributed by atoms with Gasteiger partial charge in [-0.25, -0.2) is 9.78 Å². The molecule has 9 heteroatoms. The smallest absolute Gasteiger partial charge is 0.407 e. The number of rotatable bonds is 6. The van der Waals surface area contributed by atoms with E-state index in [4.69, 9.17) is 9.73 Å². The van der Waals surface area contributed by atoms with Crippen molar-refractivity contribution in [2.24, 2.45) is 4.99 Å².